The second-order valence-electron chi connectivity index (χ2n) is 6.13. The quantitative estimate of drug-likeness (QED) is 0.798. The number of para-hydroxylation sites is 1. The first kappa shape index (κ1) is 15.7. The summed E-state index contributed by atoms with van der Waals surface area (Å²) >= 11 is 0. The van der Waals surface area contributed by atoms with Crippen LogP contribution in [0.3, 0.4) is 0 Å². The average molecular weight is 336 g/mol. The molecular formula is C20H20N2O3. The number of nitrogens with zero attached hydrogens (tertiary/aromatic N) is 1. The van der Waals surface area contributed by atoms with Crippen molar-refractivity contribution >= 4 is 16.8 Å². The van der Waals surface area contributed by atoms with Gasteiger partial charge in [0.15, 0.2) is 0 Å². The Hall–Kier alpha value is -2.79. The van der Waals surface area contributed by atoms with E-state index in [1.807, 2.05) is 35.2 Å². The number of methoxy groups -OCH3 is 1. The molecule has 5 nitrogen and oxygen atoms in total. The van der Waals surface area contributed by atoms with Gasteiger partial charge in [-0.1, -0.05) is 18.2 Å². The van der Waals surface area contributed by atoms with E-state index in [0.717, 1.165) is 22.3 Å². The van der Waals surface area contributed by atoms with Gasteiger partial charge in [-0.25, -0.2) is 0 Å². The summed E-state index contributed by atoms with van der Waals surface area (Å²) in [4.78, 5) is 18.3. The Labute approximate surface area is 146 Å². The second-order valence-corrected chi connectivity index (χ2v) is 6.13. The lowest BCUT2D eigenvalue weighted by Crippen LogP contribution is -2.43. The van der Waals surface area contributed by atoms with Crippen molar-refractivity contribution in [3.05, 3.63) is 65.9 Å². The van der Waals surface area contributed by atoms with Crippen molar-refractivity contribution in [1.82, 2.24) is 9.88 Å². The van der Waals surface area contributed by atoms with Crippen LogP contribution in [0.2, 0.25) is 0 Å². The molecule has 2 heterocycles. The Morgan fingerprint density at radius 3 is 2.76 bits per heavy atom. The summed E-state index contributed by atoms with van der Waals surface area (Å²) in [5, 5.41) is 1.14. The van der Waals surface area contributed by atoms with Gasteiger partial charge in [0.2, 0.25) is 0 Å². The molecule has 1 saturated heterocycles. The monoisotopic (exact) mass is 336 g/mol. The number of hydrogen-bond acceptors (Lipinski definition) is 3. The number of ether oxygens (including phenoxy) is 2. The number of aromatic nitrogens is 1. The molecule has 1 unspecified atom stereocenters. The lowest BCUT2D eigenvalue weighted by molar-refractivity contribution is -0.00370. The lowest BCUT2D eigenvalue weighted by Gasteiger charge is -2.35. The predicted octanol–water partition coefficient (Wildman–Crippen LogP) is 3.39. The number of benzene rings is 2. The van der Waals surface area contributed by atoms with Crippen LogP contribution in [-0.4, -0.2) is 42.7 Å². The maximum atomic E-state index is 13.0. The van der Waals surface area contributed by atoms with Crippen LogP contribution in [0.4, 0.5) is 0 Å². The third-order valence-electron chi connectivity index (χ3n) is 4.64. The molecule has 1 fully saturated rings. The van der Waals surface area contributed by atoms with Crippen molar-refractivity contribution in [3.63, 3.8) is 0 Å². The van der Waals surface area contributed by atoms with Crippen LogP contribution in [0.5, 0.6) is 5.75 Å². The molecular weight excluding hydrogens is 316 g/mol. The number of hydrogen-bond donors (Lipinski definition) is 1. The van der Waals surface area contributed by atoms with E-state index in [2.05, 4.69) is 17.1 Å². The van der Waals surface area contributed by atoms with Gasteiger partial charge in [0.25, 0.3) is 5.91 Å². The molecule has 128 valence electrons. The summed E-state index contributed by atoms with van der Waals surface area (Å²) < 4.78 is 10.8. The molecule has 1 aliphatic rings. The Balaban J connectivity index is 1.64. The summed E-state index contributed by atoms with van der Waals surface area (Å²) in [6.45, 7) is 1.62. The van der Waals surface area contributed by atoms with E-state index in [9.17, 15) is 4.79 Å². The number of carbonyl (C=O) groups is 1. The number of morpholine rings is 1. The number of rotatable bonds is 3. The zero-order chi connectivity index (χ0) is 17.2. The van der Waals surface area contributed by atoms with Gasteiger partial charge in [-0.2, -0.15) is 0 Å². The predicted molar refractivity (Wildman–Crippen MR) is 95.9 cm³/mol. The SMILES string of the molecule is COc1ccc(C(=O)N2CCOCC2c2cc3ccccc3[nH]2)cc1. The normalized spacial score (nSPS) is 17.6. The van der Waals surface area contributed by atoms with E-state index in [1.165, 1.54) is 0 Å². The van der Waals surface area contributed by atoms with Crippen LogP contribution < -0.4 is 4.74 Å². The van der Waals surface area contributed by atoms with Gasteiger partial charge in [0.1, 0.15) is 5.75 Å². The summed E-state index contributed by atoms with van der Waals surface area (Å²) in [6, 6.07) is 17.3. The highest BCUT2D eigenvalue weighted by molar-refractivity contribution is 5.94. The number of carbonyl (C=O) groups excluding carboxylic acids is 1. The standard InChI is InChI=1S/C20H20N2O3/c1-24-16-8-6-14(7-9-16)20(23)22-10-11-25-13-19(22)18-12-15-4-2-3-5-17(15)21-18/h2-9,12,19,21H,10-11,13H2,1H3. The van der Waals surface area contributed by atoms with Crippen LogP contribution in [0.1, 0.15) is 22.1 Å². The third-order valence-corrected chi connectivity index (χ3v) is 4.64. The summed E-state index contributed by atoms with van der Waals surface area (Å²) in [5.74, 6) is 0.750. The summed E-state index contributed by atoms with van der Waals surface area (Å²) in [6.07, 6.45) is 0. The van der Waals surface area contributed by atoms with Crippen molar-refractivity contribution < 1.29 is 14.3 Å². The van der Waals surface area contributed by atoms with Crippen molar-refractivity contribution in [2.24, 2.45) is 0 Å². The largest absolute Gasteiger partial charge is 0.497 e. The minimum atomic E-state index is -0.115. The first-order valence-electron chi connectivity index (χ1n) is 8.36. The molecule has 1 aromatic heterocycles. The van der Waals surface area contributed by atoms with Crippen molar-refractivity contribution in [1.29, 1.82) is 0 Å². The van der Waals surface area contributed by atoms with E-state index in [1.54, 1.807) is 19.2 Å². The lowest BCUT2D eigenvalue weighted by atomic mass is 10.1. The Kier molecular flexibility index (Phi) is 4.15. The van der Waals surface area contributed by atoms with Gasteiger partial charge in [0.05, 0.1) is 26.4 Å². The molecule has 1 amide bonds. The zero-order valence-electron chi connectivity index (χ0n) is 14.1. The van der Waals surface area contributed by atoms with E-state index in [0.29, 0.717) is 25.3 Å². The highest BCUT2D eigenvalue weighted by atomic mass is 16.5. The summed E-state index contributed by atoms with van der Waals surface area (Å²) in [5.41, 5.74) is 2.73. The summed E-state index contributed by atoms with van der Waals surface area (Å²) in [7, 11) is 1.62. The molecule has 25 heavy (non-hydrogen) atoms. The van der Waals surface area contributed by atoms with Gasteiger partial charge >= 0.3 is 0 Å². The van der Waals surface area contributed by atoms with Gasteiger partial charge < -0.3 is 19.4 Å². The van der Waals surface area contributed by atoms with E-state index in [-0.39, 0.29) is 11.9 Å². The van der Waals surface area contributed by atoms with Gasteiger partial charge in [-0.15, -0.1) is 0 Å². The van der Waals surface area contributed by atoms with E-state index < -0.39 is 0 Å². The molecule has 2 aromatic carbocycles. The molecule has 0 radical (unpaired) electrons. The number of aromatic amines is 1. The first-order chi connectivity index (χ1) is 12.3. The van der Waals surface area contributed by atoms with Gasteiger partial charge in [0, 0.05) is 23.3 Å². The molecule has 1 N–H and O–H groups in total. The third kappa shape index (κ3) is 2.98. The molecule has 4 rings (SSSR count). The Bertz CT molecular complexity index is 852. The topological polar surface area (TPSA) is 54.6 Å². The van der Waals surface area contributed by atoms with E-state index >= 15 is 0 Å². The molecule has 1 atom stereocenters. The Morgan fingerprint density at radius 1 is 1.20 bits per heavy atom. The molecule has 0 saturated carbocycles. The Morgan fingerprint density at radius 2 is 2.00 bits per heavy atom. The molecule has 0 aliphatic carbocycles. The van der Waals surface area contributed by atoms with Crippen LogP contribution >= 0.6 is 0 Å². The fraction of sp³-hybridized carbons (Fsp3) is 0.250. The van der Waals surface area contributed by atoms with Crippen molar-refractivity contribution in [3.8, 4) is 5.75 Å². The number of fused-ring (bicyclic) bond motifs is 1. The molecule has 1 aliphatic heterocycles. The molecule has 0 spiro atoms. The minimum absolute atomic E-state index is 0.00890. The maximum absolute atomic E-state index is 13.0. The minimum Gasteiger partial charge on any atom is -0.497 e. The number of H-pyrrole nitrogens is 1. The van der Waals surface area contributed by atoms with Crippen LogP contribution in [-0.2, 0) is 4.74 Å². The fourth-order valence-electron chi connectivity index (χ4n) is 3.28. The van der Waals surface area contributed by atoms with Gasteiger partial charge in [-0.05, 0) is 41.8 Å². The average Bonchev–Trinajstić information content (AvgIpc) is 3.11. The van der Waals surface area contributed by atoms with Crippen molar-refractivity contribution in [2.75, 3.05) is 26.9 Å². The van der Waals surface area contributed by atoms with Crippen molar-refractivity contribution in [2.45, 2.75) is 6.04 Å². The number of nitrogens with one attached hydrogen (secondary N) is 1. The van der Waals surface area contributed by atoms with Gasteiger partial charge in [-0.3, -0.25) is 4.79 Å². The highest BCUT2D eigenvalue weighted by Crippen LogP contribution is 2.28. The maximum Gasteiger partial charge on any atom is 0.254 e. The second kappa shape index (κ2) is 6.61. The molecule has 0 bridgehead atoms. The fourth-order valence-corrected chi connectivity index (χ4v) is 3.28. The van der Waals surface area contributed by atoms with Crippen LogP contribution in [0.25, 0.3) is 10.9 Å². The smallest absolute Gasteiger partial charge is 0.254 e. The number of amides is 1. The van der Waals surface area contributed by atoms with Crippen LogP contribution in [0.15, 0.2) is 54.6 Å². The first-order valence-corrected chi connectivity index (χ1v) is 8.36. The van der Waals surface area contributed by atoms with Crippen LogP contribution in [0, 0.1) is 0 Å². The zero-order valence-corrected chi connectivity index (χ0v) is 14.1. The van der Waals surface area contributed by atoms with E-state index in [4.69, 9.17) is 9.47 Å². The molecule has 5 heteroatoms. The molecule has 3 aromatic rings. The highest BCUT2D eigenvalue weighted by Gasteiger charge is 2.30.